The summed E-state index contributed by atoms with van der Waals surface area (Å²) in [6.07, 6.45) is 1.37. The van der Waals surface area contributed by atoms with Gasteiger partial charge in [0.05, 0.1) is 5.54 Å². The Balaban J connectivity index is 3.01. The van der Waals surface area contributed by atoms with Gasteiger partial charge >= 0.3 is 0 Å². The van der Waals surface area contributed by atoms with Crippen molar-refractivity contribution in [2.24, 2.45) is 0 Å². The maximum atomic E-state index is 12.6. The lowest BCUT2D eigenvalue weighted by molar-refractivity contribution is -0.128. The average Bonchev–Trinajstić information content (AvgIpc) is 2.32. The second-order valence-electron chi connectivity index (χ2n) is 5.49. The van der Waals surface area contributed by atoms with Crippen LogP contribution in [-0.4, -0.2) is 30.3 Å². The molecular formula is C16H25NO. The first-order valence-electron chi connectivity index (χ1n) is 6.58. The molecule has 0 N–H and O–H groups in total. The van der Waals surface area contributed by atoms with E-state index in [0.717, 1.165) is 6.42 Å². The van der Waals surface area contributed by atoms with Crippen LogP contribution in [0.25, 0.3) is 0 Å². The van der Waals surface area contributed by atoms with E-state index in [0.29, 0.717) is 12.2 Å². The van der Waals surface area contributed by atoms with Gasteiger partial charge in [-0.05, 0) is 58.0 Å². The van der Waals surface area contributed by atoms with E-state index in [2.05, 4.69) is 32.9 Å². The quantitative estimate of drug-likeness (QED) is 0.796. The molecule has 0 aliphatic carbocycles. The minimum Gasteiger partial charge on any atom is -0.297 e. The molecule has 0 radical (unpaired) electrons. The molecule has 0 saturated heterocycles. The number of aryl methyl sites for hydroxylation is 2. The average molecular weight is 247 g/mol. The maximum absolute atomic E-state index is 12.6. The summed E-state index contributed by atoms with van der Waals surface area (Å²) >= 11 is 0. The van der Waals surface area contributed by atoms with Crippen LogP contribution < -0.4 is 0 Å². The van der Waals surface area contributed by atoms with Gasteiger partial charge in [0, 0.05) is 6.42 Å². The zero-order valence-electron chi connectivity index (χ0n) is 12.5. The molecule has 1 rings (SSSR count). The van der Waals surface area contributed by atoms with Crippen molar-refractivity contribution in [1.82, 2.24) is 4.90 Å². The van der Waals surface area contributed by atoms with Gasteiger partial charge in [0.25, 0.3) is 0 Å². The molecule has 100 valence electrons. The third-order valence-corrected chi connectivity index (χ3v) is 4.26. The van der Waals surface area contributed by atoms with Gasteiger partial charge < -0.3 is 0 Å². The summed E-state index contributed by atoms with van der Waals surface area (Å²) < 4.78 is 0. The number of carbonyl (C=O) groups excluding carboxylic acids is 1. The van der Waals surface area contributed by atoms with E-state index in [9.17, 15) is 4.79 Å². The molecule has 2 nitrogen and oxygen atoms in total. The zero-order valence-corrected chi connectivity index (χ0v) is 12.5. The third kappa shape index (κ3) is 2.81. The van der Waals surface area contributed by atoms with Crippen LogP contribution in [0.2, 0.25) is 0 Å². The van der Waals surface area contributed by atoms with Gasteiger partial charge in [-0.25, -0.2) is 0 Å². The van der Waals surface area contributed by atoms with E-state index in [-0.39, 0.29) is 5.54 Å². The number of likely N-dealkylation sites (N-methyl/N-ethyl adjacent to an activating group) is 1. The topological polar surface area (TPSA) is 20.3 Å². The molecule has 0 heterocycles. The third-order valence-electron chi connectivity index (χ3n) is 4.26. The molecule has 1 aromatic rings. The number of hydrogen-bond donors (Lipinski definition) is 0. The van der Waals surface area contributed by atoms with Crippen LogP contribution in [0, 0.1) is 13.8 Å². The van der Waals surface area contributed by atoms with Crippen molar-refractivity contribution in [2.45, 2.75) is 46.1 Å². The fourth-order valence-corrected chi connectivity index (χ4v) is 2.24. The summed E-state index contributed by atoms with van der Waals surface area (Å²) in [7, 11) is 3.96. The van der Waals surface area contributed by atoms with Gasteiger partial charge in [-0.3, -0.25) is 9.69 Å². The molecule has 0 bridgehead atoms. The van der Waals surface area contributed by atoms with Crippen LogP contribution in [-0.2, 0) is 11.2 Å². The molecule has 1 atom stereocenters. The van der Waals surface area contributed by atoms with Crippen LogP contribution >= 0.6 is 0 Å². The zero-order chi connectivity index (χ0) is 13.9. The van der Waals surface area contributed by atoms with Crippen molar-refractivity contribution in [2.75, 3.05) is 14.1 Å². The highest BCUT2D eigenvalue weighted by Gasteiger charge is 2.33. The Morgan fingerprint density at radius 2 is 1.72 bits per heavy atom. The number of benzene rings is 1. The normalized spacial score (nSPS) is 14.6. The van der Waals surface area contributed by atoms with E-state index in [1.54, 1.807) is 0 Å². The van der Waals surface area contributed by atoms with Crippen molar-refractivity contribution in [3.05, 3.63) is 34.9 Å². The van der Waals surface area contributed by atoms with E-state index < -0.39 is 0 Å². The standard InChI is InChI=1S/C16H25NO/c1-7-16(4,17(5)6)15(18)11-14-12(2)9-8-10-13(14)3/h8-10H,7,11H2,1-6H3. The monoisotopic (exact) mass is 247 g/mol. The first-order chi connectivity index (χ1) is 8.32. The molecule has 0 aliphatic rings. The van der Waals surface area contributed by atoms with Gasteiger partial charge in [0.15, 0.2) is 5.78 Å². The Kier molecular flexibility index (Phi) is 4.69. The fourth-order valence-electron chi connectivity index (χ4n) is 2.24. The highest BCUT2D eigenvalue weighted by molar-refractivity contribution is 5.90. The summed E-state index contributed by atoms with van der Waals surface area (Å²) in [6, 6.07) is 6.20. The van der Waals surface area contributed by atoms with E-state index in [1.807, 2.05) is 32.0 Å². The molecule has 0 amide bonds. The number of ketones is 1. The molecule has 18 heavy (non-hydrogen) atoms. The summed E-state index contributed by atoms with van der Waals surface area (Å²) in [5, 5.41) is 0. The second kappa shape index (κ2) is 5.66. The highest BCUT2D eigenvalue weighted by atomic mass is 16.1. The van der Waals surface area contributed by atoms with E-state index >= 15 is 0 Å². The van der Waals surface area contributed by atoms with Gasteiger partial charge in [0.2, 0.25) is 0 Å². The predicted octanol–water partition coefficient (Wildman–Crippen LogP) is 3.15. The number of nitrogens with zero attached hydrogens (tertiary/aromatic N) is 1. The molecule has 0 fully saturated rings. The SMILES string of the molecule is CCC(C)(C(=O)Cc1c(C)cccc1C)N(C)C. The molecule has 1 unspecified atom stereocenters. The molecule has 0 aromatic heterocycles. The molecule has 0 spiro atoms. The van der Waals surface area contributed by atoms with E-state index in [1.165, 1.54) is 16.7 Å². The van der Waals surface area contributed by atoms with E-state index in [4.69, 9.17) is 0 Å². The molecule has 2 heteroatoms. The van der Waals surface area contributed by atoms with Crippen molar-refractivity contribution in [1.29, 1.82) is 0 Å². The summed E-state index contributed by atoms with van der Waals surface area (Å²) in [6.45, 7) is 8.26. The summed E-state index contributed by atoms with van der Waals surface area (Å²) in [4.78, 5) is 14.6. The van der Waals surface area contributed by atoms with Gasteiger partial charge in [-0.15, -0.1) is 0 Å². The Bertz CT molecular complexity index is 416. The van der Waals surface area contributed by atoms with Crippen LogP contribution in [0.3, 0.4) is 0 Å². The first-order valence-corrected chi connectivity index (χ1v) is 6.58. The lowest BCUT2D eigenvalue weighted by atomic mass is 9.86. The first kappa shape index (κ1) is 14.9. The number of Topliss-reactive ketones (excluding diaryl/α,β-unsaturated/α-hetero) is 1. The lowest BCUT2D eigenvalue weighted by Gasteiger charge is -2.34. The molecule has 0 aliphatic heterocycles. The van der Waals surface area contributed by atoms with Crippen molar-refractivity contribution < 1.29 is 4.79 Å². The number of hydrogen-bond acceptors (Lipinski definition) is 2. The molecule has 0 saturated carbocycles. The summed E-state index contributed by atoms with van der Waals surface area (Å²) in [5.74, 6) is 0.299. The Labute approximate surface area is 111 Å². The maximum Gasteiger partial charge on any atom is 0.157 e. The smallest absolute Gasteiger partial charge is 0.157 e. The van der Waals surface area contributed by atoms with Crippen molar-refractivity contribution >= 4 is 5.78 Å². The second-order valence-corrected chi connectivity index (χ2v) is 5.49. The van der Waals surface area contributed by atoms with Crippen LogP contribution in [0.15, 0.2) is 18.2 Å². The minimum absolute atomic E-state index is 0.299. The van der Waals surface area contributed by atoms with Gasteiger partial charge in [-0.2, -0.15) is 0 Å². The molecular weight excluding hydrogens is 222 g/mol. The van der Waals surface area contributed by atoms with Crippen molar-refractivity contribution in [3.63, 3.8) is 0 Å². The Hall–Kier alpha value is -1.15. The lowest BCUT2D eigenvalue weighted by Crippen LogP contribution is -2.48. The Morgan fingerprint density at radius 1 is 1.22 bits per heavy atom. The molecule has 1 aromatic carbocycles. The highest BCUT2D eigenvalue weighted by Crippen LogP contribution is 2.22. The van der Waals surface area contributed by atoms with Crippen LogP contribution in [0.5, 0.6) is 0 Å². The van der Waals surface area contributed by atoms with Crippen LogP contribution in [0.4, 0.5) is 0 Å². The summed E-state index contributed by atoms with van der Waals surface area (Å²) in [5.41, 5.74) is 3.24. The van der Waals surface area contributed by atoms with Crippen molar-refractivity contribution in [3.8, 4) is 0 Å². The minimum atomic E-state index is -0.366. The fraction of sp³-hybridized carbons (Fsp3) is 0.562. The van der Waals surface area contributed by atoms with Crippen LogP contribution in [0.1, 0.15) is 37.0 Å². The predicted molar refractivity (Wildman–Crippen MR) is 77.0 cm³/mol. The number of carbonyl (C=O) groups is 1. The largest absolute Gasteiger partial charge is 0.297 e. The Morgan fingerprint density at radius 3 is 2.11 bits per heavy atom. The van der Waals surface area contributed by atoms with Gasteiger partial charge in [0.1, 0.15) is 0 Å². The number of rotatable bonds is 5. The van der Waals surface area contributed by atoms with Gasteiger partial charge in [-0.1, -0.05) is 25.1 Å².